The highest BCUT2D eigenvalue weighted by Gasteiger charge is 2.26. The first-order valence-electron chi connectivity index (χ1n) is 5.34. The molecule has 0 amide bonds. The first-order valence-corrected chi connectivity index (χ1v) is 7.65. The Kier molecular flexibility index (Phi) is 3.89. The molecule has 110 valence electrons. The number of fused-ring (bicyclic) bond motifs is 1. The molecule has 0 N–H and O–H groups in total. The van der Waals surface area contributed by atoms with Crippen LogP contribution in [0, 0.1) is 5.39 Å². The summed E-state index contributed by atoms with van der Waals surface area (Å²) in [5.74, 6) is 0. The molecular weight excluding hydrogens is 336 g/mol. The lowest BCUT2D eigenvalue weighted by molar-refractivity contribution is 0.608. The standard InChI is InChI=1S/C10H3ClN6O4S/c11-22(20,21)10-6-4(2-1-3-5(6)14-16-12)8(18)9(19)7(10)15-17-13/h1-3H. The van der Waals surface area contributed by atoms with Gasteiger partial charge in [-0.05, 0) is 6.07 Å². The molecule has 0 aromatic heterocycles. The molecule has 0 unspecified atom stereocenters. The smallest absolute Gasteiger partial charge is 0.339 e. The Bertz CT molecular complexity index is 1120. The van der Waals surface area contributed by atoms with Gasteiger partial charge in [-0.1, -0.05) is 12.1 Å². The maximum atomic E-state index is 12.0. The third-order valence-corrected chi connectivity index (χ3v) is 4.04. The van der Waals surface area contributed by atoms with Gasteiger partial charge in [0.2, 0.25) is 10.9 Å². The van der Waals surface area contributed by atoms with Crippen LogP contribution in [0.1, 0.15) is 0 Å². The summed E-state index contributed by atoms with van der Waals surface area (Å²) < 4.78 is 23.5. The molecule has 12 heteroatoms. The van der Waals surface area contributed by atoms with Gasteiger partial charge in [0.1, 0.15) is 4.90 Å². The van der Waals surface area contributed by atoms with E-state index >= 15 is 0 Å². The van der Waals surface area contributed by atoms with Gasteiger partial charge >= 0.3 is 5.08 Å². The summed E-state index contributed by atoms with van der Waals surface area (Å²) in [5, 5.41) is 18.4. The van der Waals surface area contributed by atoms with Crippen LogP contribution >= 0.6 is 10.7 Å². The fourth-order valence-corrected chi connectivity index (χ4v) is 3.20. The van der Waals surface area contributed by atoms with Crippen molar-refractivity contribution in [3.8, 4) is 11.1 Å². The monoisotopic (exact) mass is 338 g/mol. The molecule has 2 aliphatic rings. The molecule has 0 heterocycles. The zero-order valence-electron chi connectivity index (χ0n) is 10.3. The zero-order chi connectivity index (χ0) is 16.5. The van der Waals surface area contributed by atoms with Crippen LogP contribution in [0.5, 0.6) is 0 Å². The largest absolute Gasteiger partial charge is 0.362 e. The zero-order valence-corrected chi connectivity index (χ0v) is 11.9. The molecule has 0 fully saturated rings. The fourth-order valence-electron chi connectivity index (χ4n) is 1.92. The van der Waals surface area contributed by atoms with E-state index in [1.54, 1.807) is 0 Å². The normalized spacial score (nSPS) is 13.3. The van der Waals surface area contributed by atoms with Crippen LogP contribution in [0.15, 0.2) is 48.1 Å². The molecule has 0 radical (unpaired) electrons. The van der Waals surface area contributed by atoms with E-state index in [0.717, 1.165) is 0 Å². The predicted molar refractivity (Wildman–Crippen MR) is 73.0 cm³/mol. The maximum Gasteiger partial charge on any atom is 0.339 e. The topological polar surface area (TPSA) is 156 Å². The molecule has 0 atom stereocenters. The van der Waals surface area contributed by atoms with E-state index < -0.39 is 30.2 Å². The summed E-state index contributed by atoms with van der Waals surface area (Å²) in [6.07, 6.45) is 0. The van der Waals surface area contributed by atoms with Crippen molar-refractivity contribution in [2.24, 2.45) is 15.4 Å². The summed E-state index contributed by atoms with van der Waals surface area (Å²) in [4.78, 5) is 23.0. The first-order chi connectivity index (χ1) is 10.3. The first kappa shape index (κ1) is 15.5. The van der Waals surface area contributed by atoms with Gasteiger partial charge in [-0.3, -0.25) is 14.8 Å². The fraction of sp³-hybridized carbons (Fsp3) is 0. The van der Waals surface area contributed by atoms with E-state index in [1.807, 2.05) is 0 Å². The Morgan fingerprint density at radius 3 is 2.45 bits per heavy atom. The summed E-state index contributed by atoms with van der Waals surface area (Å²) in [7, 11) is 0.711. The Balaban J connectivity index is 3.43. The Morgan fingerprint density at radius 1 is 1.23 bits per heavy atom. The number of benzene rings is 2. The second kappa shape index (κ2) is 5.51. The Morgan fingerprint density at radius 2 is 1.91 bits per heavy atom. The van der Waals surface area contributed by atoms with E-state index in [2.05, 4.69) is 20.5 Å². The van der Waals surface area contributed by atoms with Crippen molar-refractivity contribution < 1.29 is 8.42 Å². The molecule has 0 aromatic rings. The molecule has 22 heavy (non-hydrogen) atoms. The van der Waals surface area contributed by atoms with Crippen molar-refractivity contribution in [3.63, 3.8) is 0 Å². The van der Waals surface area contributed by atoms with E-state index in [9.17, 15) is 18.0 Å². The maximum absolute atomic E-state index is 12.0. The van der Waals surface area contributed by atoms with Gasteiger partial charge in [-0.2, -0.15) is 0 Å². The van der Waals surface area contributed by atoms with Gasteiger partial charge in [-0.25, -0.2) is 8.42 Å². The van der Waals surface area contributed by atoms with Crippen molar-refractivity contribution in [3.05, 3.63) is 60.0 Å². The second-order valence-electron chi connectivity index (χ2n) is 3.85. The van der Waals surface area contributed by atoms with E-state index in [-0.39, 0.29) is 16.5 Å². The van der Waals surface area contributed by atoms with Gasteiger partial charge < -0.3 is 10.6 Å². The lowest BCUT2D eigenvalue weighted by Crippen LogP contribution is -2.44. The summed E-state index contributed by atoms with van der Waals surface area (Å²) in [6, 6.07) is 3.68. The van der Waals surface area contributed by atoms with Gasteiger partial charge in [-0.15, -0.1) is 0 Å². The third-order valence-electron chi connectivity index (χ3n) is 2.69. The average Bonchev–Trinajstić information content (AvgIpc) is 2.44. The summed E-state index contributed by atoms with van der Waals surface area (Å²) in [6.45, 7) is 0. The molecule has 0 saturated heterocycles. The minimum absolute atomic E-state index is 0.245. The van der Waals surface area contributed by atoms with Crippen LogP contribution in [0.4, 0.5) is 0 Å². The number of halogens is 1. The van der Waals surface area contributed by atoms with Crippen molar-refractivity contribution >= 4 is 19.7 Å². The van der Waals surface area contributed by atoms with E-state index in [1.165, 1.54) is 18.2 Å². The highest BCUT2D eigenvalue weighted by atomic mass is 35.7. The highest BCUT2D eigenvalue weighted by molar-refractivity contribution is 8.13. The Hall–Kier alpha value is -2.84. The van der Waals surface area contributed by atoms with Crippen LogP contribution < -0.4 is 21.6 Å². The summed E-state index contributed by atoms with van der Waals surface area (Å²) >= 11 is 0. The van der Waals surface area contributed by atoms with Gasteiger partial charge in [0, 0.05) is 27.2 Å². The van der Waals surface area contributed by atoms with Crippen LogP contribution in [0.25, 0.3) is 21.7 Å². The van der Waals surface area contributed by atoms with Crippen molar-refractivity contribution in [1.82, 2.24) is 0 Å². The second-order valence-corrected chi connectivity index (χ2v) is 6.36. The molecule has 0 saturated carbocycles. The molecule has 0 bridgehead atoms. The quantitative estimate of drug-likeness (QED) is 0.244. The van der Waals surface area contributed by atoms with Crippen molar-refractivity contribution in [2.45, 2.75) is 4.90 Å². The number of diazo groups is 1. The van der Waals surface area contributed by atoms with Crippen LogP contribution in [0.3, 0.4) is 0 Å². The Labute approximate surface area is 125 Å². The summed E-state index contributed by atoms with van der Waals surface area (Å²) in [5.41, 5.74) is 5.36. The van der Waals surface area contributed by atoms with Crippen molar-refractivity contribution in [1.29, 1.82) is 5.39 Å². The molecule has 0 aromatic carbocycles. The lowest BCUT2D eigenvalue weighted by atomic mass is 10.0. The number of nitrogens with zero attached hydrogens (tertiary/aromatic N) is 6. The van der Waals surface area contributed by atoms with Crippen molar-refractivity contribution in [2.75, 3.05) is 0 Å². The highest BCUT2D eigenvalue weighted by Crippen LogP contribution is 2.21. The minimum atomic E-state index is -4.58. The molecule has 10 nitrogen and oxygen atoms in total. The van der Waals surface area contributed by atoms with Gasteiger partial charge in [0.05, 0.1) is 0 Å². The molecule has 2 aliphatic carbocycles. The van der Waals surface area contributed by atoms with Crippen LogP contribution in [-0.2, 0) is 9.05 Å². The van der Waals surface area contributed by atoms with E-state index in [4.69, 9.17) is 21.6 Å². The average molecular weight is 339 g/mol. The SMILES string of the molecule is N#[N+]N=c1cccc2c(=O)c(=O)c(=NN=[N-])c(S(=O)(=O)Cl)c1-2. The third kappa shape index (κ3) is 2.41. The van der Waals surface area contributed by atoms with Gasteiger partial charge in [0.25, 0.3) is 14.4 Å². The number of hydrogen-bond acceptors (Lipinski definition) is 7. The van der Waals surface area contributed by atoms with Crippen LogP contribution in [0.2, 0.25) is 0 Å². The lowest BCUT2D eigenvalue weighted by Gasteiger charge is -2.08. The molecule has 0 aliphatic heterocycles. The number of hydrogen-bond donors (Lipinski definition) is 0. The van der Waals surface area contributed by atoms with E-state index in [0.29, 0.717) is 0 Å². The molecular formula is C10H3ClN6O4S. The van der Waals surface area contributed by atoms with Crippen LogP contribution in [-0.4, -0.2) is 8.42 Å². The predicted octanol–water partition coefficient (Wildman–Crippen LogP) is -0.179. The number of rotatable bonds is 2. The molecule has 2 rings (SSSR count). The molecule has 0 spiro atoms. The minimum Gasteiger partial charge on any atom is -0.362 e. The van der Waals surface area contributed by atoms with Gasteiger partial charge in [0.15, 0.2) is 10.5 Å².